The summed E-state index contributed by atoms with van der Waals surface area (Å²) in [6.45, 7) is 8.29. The largest absolute Gasteiger partial charge is 0.338 e. The first-order valence-electron chi connectivity index (χ1n) is 10.6. The molecular formula is C26H27N5O. The molecule has 0 saturated heterocycles. The van der Waals surface area contributed by atoms with Gasteiger partial charge in [0, 0.05) is 24.2 Å². The smallest absolute Gasteiger partial charge is 0.270 e. The van der Waals surface area contributed by atoms with Gasteiger partial charge < -0.3 is 5.32 Å². The summed E-state index contributed by atoms with van der Waals surface area (Å²) in [5.74, 6) is -0.256. The molecule has 1 N–H and O–H groups in total. The van der Waals surface area contributed by atoms with E-state index in [9.17, 15) is 4.79 Å². The van der Waals surface area contributed by atoms with Gasteiger partial charge in [-0.05, 0) is 62.6 Å². The topological polar surface area (TPSA) is 72.7 Å². The van der Waals surface area contributed by atoms with E-state index in [4.69, 9.17) is 0 Å². The summed E-state index contributed by atoms with van der Waals surface area (Å²) >= 11 is 0. The first-order valence-corrected chi connectivity index (χ1v) is 10.6. The number of carbonyl (C=O) groups is 1. The first-order chi connectivity index (χ1) is 15.3. The van der Waals surface area contributed by atoms with Crippen LogP contribution in [0.15, 0.2) is 79.4 Å². The Morgan fingerprint density at radius 2 is 1.75 bits per heavy atom. The van der Waals surface area contributed by atoms with Crippen molar-refractivity contribution in [3.63, 3.8) is 0 Å². The van der Waals surface area contributed by atoms with Gasteiger partial charge in [0.1, 0.15) is 5.69 Å². The molecule has 0 aliphatic rings. The van der Waals surface area contributed by atoms with Crippen LogP contribution in [0.3, 0.4) is 0 Å². The molecule has 0 fully saturated rings. The standard InChI is InChI=1S/C26H27N5O/c1-18-15-28-23(14-21(18)20-16-29-31(17-20)26(2,3)4)25(32)30-24(19-10-6-5-7-11-19)22-12-8-9-13-27-22/h5-17,24H,1-4H3,(H,30,32). The lowest BCUT2D eigenvalue weighted by Gasteiger charge is -2.19. The molecule has 3 aromatic heterocycles. The Morgan fingerprint density at radius 3 is 2.41 bits per heavy atom. The second-order valence-corrected chi connectivity index (χ2v) is 8.80. The zero-order valence-corrected chi connectivity index (χ0v) is 18.8. The summed E-state index contributed by atoms with van der Waals surface area (Å²) in [5, 5.41) is 7.60. The molecular weight excluding hydrogens is 398 g/mol. The highest BCUT2D eigenvalue weighted by molar-refractivity contribution is 5.94. The van der Waals surface area contributed by atoms with Crippen LogP contribution in [0.4, 0.5) is 0 Å². The van der Waals surface area contributed by atoms with Crippen molar-refractivity contribution in [3.8, 4) is 11.1 Å². The number of aromatic nitrogens is 4. The van der Waals surface area contributed by atoms with Crippen molar-refractivity contribution >= 4 is 5.91 Å². The highest BCUT2D eigenvalue weighted by Gasteiger charge is 2.21. The fraction of sp³-hybridized carbons (Fsp3) is 0.231. The molecule has 4 rings (SSSR count). The van der Waals surface area contributed by atoms with E-state index < -0.39 is 0 Å². The average molecular weight is 426 g/mol. The number of benzene rings is 1. The second-order valence-electron chi connectivity index (χ2n) is 8.80. The van der Waals surface area contributed by atoms with Crippen molar-refractivity contribution < 1.29 is 4.79 Å². The number of hydrogen-bond acceptors (Lipinski definition) is 4. The third-order valence-electron chi connectivity index (χ3n) is 5.31. The molecule has 6 nitrogen and oxygen atoms in total. The van der Waals surface area contributed by atoms with E-state index in [-0.39, 0.29) is 17.5 Å². The van der Waals surface area contributed by atoms with Gasteiger partial charge in [-0.15, -0.1) is 0 Å². The molecule has 0 spiro atoms. The van der Waals surface area contributed by atoms with Crippen molar-refractivity contribution in [1.29, 1.82) is 0 Å². The van der Waals surface area contributed by atoms with Crippen molar-refractivity contribution in [3.05, 3.63) is 102 Å². The number of hydrogen-bond donors (Lipinski definition) is 1. The molecule has 3 heterocycles. The Morgan fingerprint density at radius 1 is 1.00 bits per heavy atom. The van der Waals surface area contributed by atoms with Crippen LogP contribution in [0, 0.1) is 6.92 Å². The molecule has 1 unspecified atom stereocenters. The molecule has 0 saturated carbocycles. The van der Waals surface area contributed by atoms with Gasteiger partial charge in [0.15, 0.2) is 0 Å². The van der Waals surface area contributed by atoms with Gasteiger partial charge in [-0.2, -0.15) is 5.10 Å². The normalized spacial score (nSPS) is 12.4. The number of nitrogens with zero attached hydrogens (tertiary/aromatic N) is 4. The van der Waals surface area contributed by atoms with Crippen LogP contribution < -0.4 is 5.32 Å². The van der Waals surface area contributed by atoms with Gasteiger partial charge in [-0.3, -0.25) is 19.4 Å². The van der Waals surface area contributed by atoms with Crippen LogP contribution in [0.25, 0.3) is 11.1 Å². The monoisotopic (exact) mass is 425 g/mol. The Kier molecular flexibility index (Phi) is 5.86. The minimum absolute atomic E-state index is 0.120. The molecule has 1 atom stereocenters. The Labute approximate surface area is 188 Å². The van der Waals surface area contributed by atoms with Crippen LogP contribution in [-0.4, -0.2) is 25.7 Å². The van der Waals surface area contributed by atoms with Crippen molar-refractivity contribution in [1.82, 2.24) is 25.1 Å². The minimum Gasteiger partial charge on any atom is -0.338 e. The average Bonchev–Trinajstić information content (AvgIpc) is 3.29. The number of aryl methyl sites for hydroxylation is 1. The number of rotatable bonds is 5. The number of nitrogens with one attached hydrogen (secondary N) is 1. The van der Waals surface area contributed by atoms with Crippen LogP contribution in [0.5, 0.6) is 0 Å². The summed E-state index contributed by atoms with van der Waals surface area (Å²) in [6, 6.07) is 17.0. The lowest BCUT2D eigenvalue weighted by Crippen LogP contribution is -2.30. The Bertz CT molecular complexity index is 1170. The minimum atomic E-state index is -0.375. The van der Waals surface area contributed by atoms with Gasteiger partial charge in [0.05, 0.1) is 23.5 Å². The molecule has 0 aliphatic carbocycles. The van der Waals surface area contributed by atoms with Gasteiger partial charge in [-0.1, -0.05) is 36.4 Å². The maximum Gasteiger partial charge on any atom is 0.270 e. The van der Waals surface area contributed by atoms with E-state index in [0.717, 1.165) is 27.9 Å². The summed E-state index contributed by atoms with van der Waals surface area (Å²) in [6.07, 6.45) is 7.30. The molecule has 0 bridgehead atoms. The molecule has 6 heteroatoms. The highest BCUT2D eigenvalue weighted by Crippen LogP contribution is 2.26. The third kappa shape index (κ3) is 4.59. The van der Waals surface area contributed by atoms with Gasteiger partial charge >= 0.3 is 0 Å². The second kappa shape index (κ2) is 8.75. The summed E-state index contributed by atoms with van der Waals surface area (Å²) in [5.41, 5.74) is 4.84. The zero-order valence-electron chi connectivity index (χ0n) is 18.8. The predicted octanol–water partition coefficient (Wildman–Crippen LogP) is 4.92. The van der Waals surface area contributed by atoms with Crippen LogP contribution >= 0.6 is 0 Å². The molecule has 32 heavy (non-hydrogen) atoms. The first kappa shape index (κ1) is 21.4. The fourth-order valence-corrected chi connectivity index (χ4v) is 3.51. The van der Waals surface area contributed by atoms with E-state index >= 15 is 0 Å². The molecule has 1 amide bonds. The Hall–Kier alpha value is -3.80. The van der Waals surface area contributed by atoms with E-state index in [1.54, 1.807) is 12.4 Å². The number of pyridine rings is 2. The SMILES string of the molecule is Cc1cnc(C(=O)NC(c2ccccc2)c2ccccn2)cc1-c1cnn(C(C)(C)C)c1. The predicted molar refractivity (Wildman–Crippen MR) is 125 cm³/mol. The van der Waals surface area contributed by atoms with Crippen molar-refractivity contribution in [2.75, 3.05) is 0 Å². The molecule has 0 radical (unpaired) electrons. The fourth-order valence-electron chi connectivity index (χ4n) is 3.51. The van der Waals surface area contributed by atoms with E-state index in [1.165, 1.54) is 0 Å². The van der Waals surface area contributed by atoms with E-state index in [2.05, 4.69) is 41.2 Å². The van der Waals surface area contributed by atoms with E-state index in [0.29, 0.717) is 5.69 Å². The lowest BCUT2D eigenvalue weighted by molar-refractivity contribution is 0.0937. The van der Waals surface area contributed by atoms with Gasteiger partial charge in [0.2, 0.25) is 0 Å². The maximum atomic E-state index is 13.2. The number of carbonyl (C=O) groups excluding carboxylic acids is 1. The maximum absolute atomic E-state index is 13.2. The van der Waals surface area contributed by atoms with Crippen LogP contribution in [-0.2, 0) is 5.54 Å². The van der Waals surface area contributed by atoms with Crippen molar-refractivity contribution in [2.45, 2.75) is 39.3 Å². The van der Waals surface area contributed by atoms with Crippen LogP contribution in [0.1, 0.15) is 54.1 Å². The van der Waals surface area contributed by atoms with Gasteiger partial charge in [0.25, 0.3) is 5.91 Å². The Balaban J connectivity index is 1.65. The molecule has 1 aromatic carbocycles. The summed E-state index contributed by atoms with van der Waals surface area (Å²) in [7, 11) is 0. The summed E-state index contributed by atoms with van der Waals surface area (Å²) < 4.78 is 1.93. The quantitative estimate of drug-likeness (QED) is 0.492. The third-order valence-corrected chi connectivity index (χ3v) is 5.31. The van der Waals surface area contributed by atoms with E-state index in [1.807, 2.05) is 78.6 Å². The number of amides is 1. The molecule has 0 aliphatic heterocycles. The zero-order chi connectivity index (χ0) is 22.7. The van der Waals surface area contributed by atoms with Gasteiger partial charge in [-0.25, -0.2) is 0 Å². The van der Waals surface area contributed by atoms with Crippen LogP contribution in [0.2, 0.25) is 0 Å². The highest BCUT2D eigenvalue weighted by atomic mass is 16.1. The molecule has 162 valence electrons. The summed E-state index contributed by atoms with van der Waals surface area (Å²) in [4.78, 5) is 22.1. The lowest BCUT2D eigenvalue weighted by atomic mass is 10.0. The van der Waals surface area contributed by atoms with Crippen molar-refractivity contribution in [2.24, 2.45) is 0 Å². The molecule has 4 aromatic rings.